The van der Waals surface area contributed by atoms with Crippen LogP contribution in [0.15, 0.2) is 48.7 Å². The monoisotopic (exact) mass is 338 g/mol. The van der Waals surface area contributed by atoms with E-state index in [9.17, 15) is 14.0 Å². The van der Waals surface area contributed by atoms with Crippen LogP contribution in [0.1, 0.15) is 36.1 Å². The van der Waals surface area contributed by atoms with Crippen molar-refractivity contribution in [1.82, 2.24) is 4.90 Å². The van der Waals surface area contributed by atoms with Gasteiger partial charge in [-0.25, -0.2) is 4.39 Å². The summed E-state index contributed by atoms with van der Waals surface area (Å²) in [6, 6.07) is 11.6. The molecule has 1 N–H and O–H groups in total. The molecule has 0 spiro atoms. The Morgan fingerprint density at radius 1 is 1.20 bits per heavy atom. The van der Waals surface area contributed by atoms with E-state index in [1.807, 2.05) is 30.3 Å². The maximum Gasteiger partial charge on any atom is 0.226 e. The summed E-state index contributed by atoms with van der Waals surface area (Å²) in [5, 5.41) is 2.75. The highest BCUT2D eigenvalue weighted by molar-refractivity contribution is 5.92. The number of carbonyl (C=O) groups is 2. The number of benzene rings is 2. The molecule has 25 heavy (non-hydrogen) atoms. The largest absolute Gasteiger partial charge is 0.326 e. The minimum Gasteiger partial charge on any atom is -0.326 e. The third kappa shape index (κ3) is 3.60. The van der Waals surface area contributed by atoms with E-state index < -0.39 is 5.82 Å². The van der Waals surface area contributed by atoms with Gasteiger partial charge in [-0.1, -0.05) is 30.3 Å². The topological polar surface area (TPSA) is 49.4 Å². The number of amides is 2. The second-order valence-corrected chi connectivity index (χ2v) is 6.10. The summed E-state index contributed by atoms with van der Waals surface area (Å²) in [6.45, 7) is 3.27. The Bertz CT molecular complexity index is 861. The molecule has 0 saturated carbocycles. The number of nitrogens with zero attached hydrogens (tertiary/aromatic N) is 1. The molecule has 1 atom stereocenters. The number of fused-ring (bicyclic) bond motifs is 1. The third-order valence-electron chi connectivity index (χ3n) is 4.32. The van der Waals surface area contributed by atoms with Crippen molar-refractivity contribution in [2.75, 3.05) is 5.32 Å². The standard InChI is InChI=1S/C20H19FN2O2/c1-13-7-8-16(21)11-18(13)22-20(25)12-19-17-6-4-3-5-15(17)9-10-23(19)14(2)24/h3-11,19H,12H2,1-2H3,(H,22,25)/t19-/m1/s1. The van der Waals surface area contributed by atoms with Gasteiger partial charge in [0.15, 0.2) is 0 Å². The number of rotatable bonds is 3. The number of anilines is 1. The first-order chi connectivity index (χ1) is 12.0. The summed E-state index contributed by atoms with van der Waals surface area (Å²) in [7, 11) is 0. The van der Waals surface area contributed by atoms with Crippen LogP contribution in [0.3, 0.4) is 0 Å². The number of halogens is 1. The Hall–Kier alpha value is -2.95. The fraction of sp³-hybridized carbons (Fsp3) is 0.200. The molecule has 0 aromatic heterocycles. The van der Waals surface area contributed by atoms with Crippen LogP contribution in [0, 0.1) is 12.7 Å². The minimum atomic E-state index is -0.405. The summed E-state index contributed by atoms with van der Waals surface area (Å²) in [5.74, 6) is -0.808. The van der Waals surface area contributed by atoms with Crippen LogP contribution in [0.5, 0.6) is 0 Å². The van der Waals surface area contributed by atoms with E-state index in [1.165, 1.54) is 19.1 Å². The number of hydrogen-bond donors (Lipinski definition) is 1. The van der Waals surface area contributed by atoms with Crippen LogP contribution in [0.2, 0.25) is 0 Å². The molecule has 128 valence electrons. The zero-order valence-corrected chi connectivity index (χ0v) is 14.1. The molecule has 0 saturated heterocycles. The zero-order chi connectivity index (χ0) is 18.0. The van der Waals surface area contributed by atoms with E-state index in [4.69, 9.17) is 0 Å². The average Bonchev–Trinajstić information content (AvgIpc) is 2.58. The van der Waals surface area contributed by atoms with Gasteiger partial charge in [0.05, 0.1) is 12.5 Å². The first-order valence-corrected chi connectivity index (χ1v) is 8.08. The van der Waals surface area contributed by atoms with Crippen molar-refractivity contribution in [2.24, 2.45) is 0 Å². The lowest BCUT2D eigenvalue weighted by atomic mass is 9.93. The fourth-order valence-corrected chi connectivity index (χ4v) is 3.02. The van der Waals surface area contributed by atoms with Crippen molar-refractivity contribution in [3.63, 3.8) is 0 Å². The van der Waals surface area contributed by atoms with E-state index in [1.54, 1.807) is 24.1 Å². The van der Waals surface area contributed by atoms with Gasteiger partial charge >= 0.3 is 0 Å². The average molecular weight is 338 g/mol. The molecule has 2 aromatic carbocycles. The van der Waals surface area contributed by atoms with Gasteiger partial charge in [-0.05, 0) is 41.8 Å². The highest BCUT2D eigenvalue weighted by Gasteiger charge is 2.28. The third-order valence-corrected chi connectivity index (χ3v) is 4.32. The zero-order valence-electron chi connectivity index (χ0n) is 14.1. The van der Waals surface area contributed by atoms with Gasteiger partial charge in [-0.2, -0.15) is 0 Å². The summed E-state index contributed by atoms with van der Waals surface area (Å²) >= 11 is 0. The molecule has 1 aliphatic rings. The summed E-state index contributed by atoms with van der Waals surface area (Å²) in [4.78, 5) is 26.0. The first-order valence-electron chi connectivity index (χ1n) is 8.08. The molecule has 0 radical (unpaired) electrons. The predicted molar refractivity (Wildman–Crippen MR) is 95.1 cm³/mol. The highest BCUT2D eigenvalue weighted by atomic mass is 19.1. The molecule has 0 aliphatic carbocycles. The van der Waals surface area contributed by atoms with Gasteiger partial charge in [0, 0.05) is 18.8 Å². The van der Waals surface area contributed by atoms with Crippen molar-refractivity contribution in [3.8, 4) is 0 Å². The second kappa shape index (κ2) is 6.89. The van der Waals surface area contributed by atoms with Crippen LogP contribution < -0.4 is 5.32 Å². The Kier molecular flexibility index (Phi) is 4.65. The molecule has 0 fully saturated rings. The van der Waals surface area contributed by atoms with Gasteiger partial charge in [0.2, 0.25) is 11.8 Å². The smallest absolute Gasteiger partial charge is 0.226 e. The quantitative estimate of drug-likeness (QED) is 0.918. The van der Waals surface area contributed by atoms with Crippen LogP contribution in [0.4, 0.5) is 10.1 Å². The molecule has 0 unspecified atom stereocenters. The highest BCUT2D eigenvalue weighted by Crippen LogP contribution is 2.33. The van der Waals surface area contributed by atoms with Crippen molar-refractivity contribution in [3.05, 3.63) is 71.2 Å². The van der Waals surface area contributed by atoms with Gasteiger partial charge in [0.1, 0.15) is 5.82 Å². The number of nitrogens with one attached hydrogen (secondary N) is 1. The first kappa shape index (κ1) is 16.9. The molecule has 5 heteroatoms. The SMILES string of the molecule is CC(=O)N1C=Cc2ccccc2[C@H]1CC(=O)Nc1cc(F)ccc1C. The molecule has 0 bridgehead atoms. The second-order valence-electron chi connectivity index (χ2n) is 6.10. The van der Waals surface area contributed by atoms with Crippen LogP contribution in [0.25, 0.3) is 6.08 Å². The summed E-state index contributed by atoms with van der Waals surface area (Å²) < 4.78 is 13.4. The minimum absolute atomic E-state index is 0.0941. The maximum absolute atomic E-state index is 13.4. The molecule has 4 nitrogen and oxygen atoms in total. The molecule has 1 aliphatic heterocycles. The maximum atomic E-state index is 13.4. The molecule has 1 heterocycles. The summed E-state index contributed by atoms with van der Waals surface area (Å²) in [6.07, 6.45) is 3.66. The summed E-state index contributed by atoms with van der Waals surface area (Å²) in [5.41, 5.74) is 3.13. The lowest BCUT2D eigenvalue weighted by Gasteiger charge is -2.32. The Labute approximate surface area is 146 Å². The molecular weight excluding hydrogens is 319 g/mol. The van der Waals surface area contributed by atoms with Crippen molar-refractivity contribution in [1.29, 1.82) is 0 Å². The fourth-order valence-electron chi connectivity index (χ4n) is 3.02. The number of aryl methyl sites for hydroxylation is 1. The molecule has 3 rings (SSSR count). The van der Waals surface area contributed by atoms with Crippen molar-refractivity contribution >= 4 is 23.6 Å². The van der Waals surface area contributed by atoms with Crippen molar-refractivity contribution < 1.29 is 14.0 Å². The lowest BCUT2D eigenvalue weighted by Crippen LogP contribution is -2.33. The molecule has 2 aromatic rings. The van der Waals surface area contributed by atoms with E-state index in [2.05, 4.69) is 5.32 Å². The van der Waals surface area contributed by atoms with E-state index in [0.29, 0.717) is 5.69 Å². The van der Waals surface area contributed by atoms with Crippen LogP contribution in [-0.2, 0) is 9.59 Å². The van der Waals surface area contributed by atoms with Gasteiger partial charge in [-0.15, -0.1) is 0 Å². The van der Waals surface area contributed by atoms with Crippen molar-refractivity contribution in [2.45, 2.75) is 26.3 Å². The van der Waals surface area contributed by atoms with E-state index >= 15 is 0 Å². The van der Waals surface area contributed by atoms with E-state index in [-0.39, 0.29) is 24.3 Å². The van der Waals surface area contributed by atoms with E-state index in [0.717, 1.165) is 16.7 Å². The number of hydrogen-bond acceptors (Lipinski definition) is 2. The Balaban J connectivity index is 1.84. The predicted octanol–water partition coefficient (Wildman–Crippen LogP) is 4.04. The normalized spacial score (nSPS) is 15.6. The van der Waals surface area contributed by atoms with Gasteiger partial charge in [0.25, 0.3) is 0 Å². The lowest BCUT2D eigenvalue weighted by molar-refractivity contribution is -0.129. The Morgan fingerprint density at radius 3 is 2.72 bits per heavy atom. The van der Waals surface area contributed by atoms with Crippen LogP contribution in [-0.4, -0.2) is 16.7 Å². The van der Waals surface area contributed by atoms with Crippen LogP contribution >= 0.6 is 0 Å². The van der Waals surface area contributed by atoms with Gasteiger partial charge < -0.3 is 10.2 Å². The number of carbonyl (C=O) groups excluding carboxylic acids is 2. The van der Waals surface area contributed by atoms with Gasteiger partial charge in [-0.3, -0.25) is 9.59 Å². The molecular formula is C20H19FN2O2. The molecule has 2 amide bonds. The Morgan fingerprint density at radius 2 is 1.96 bits per heavy atom.